The largest absolute Gasteiger partial charge is 0.330 e. The molecule has 0 bridgehead atoms. The molecule has 0 radical (unpaired) electrons. The Kier molecular flexibility index (Phi) is 9.37. The highest BCUT2D eigenvalue weighted by Crippen LogP contribution is 2.03. The average Bonchev–Trinajstić information content (AvgIpc) is 2.40. The average molecular weight is 260 g/mol. The number of hydrogen-bond donors (Lipinski definition) is 2. The predicted molar refractivity (Wildman–Crippen MR) is 72.1 cm³/mol. The van der Waals surface area contributed by atoms with Gasteiger partial charge in [-0.1, -0.05) is 0 Å². The summed E-state index contributed by atoms with van der Waals surface area (Å²) in [5.41, 5.74) is 10.8. The van der Waals surface area contributed by atoms with Crippen LogP contribution in [0, 0.1) is 0 Å². The van der Waals surface area contributed by atoms with Crippen molar-refractivity contribution < 1.29 is 9.78 Å². The lowest BCUT2D eigenvalue weighted by Crippen LogP contribution is -2.47. The minimum Gasteiger partial charge on any atom is -0.330 e. The van der Waals surface area contributed by atoms with Crippen molar-refractivity contribution in [1.82, 2.24) is 9.80 Å². The molecule has 1 saturated heterocycles. The molecule has 108 valence electrons. The third-order valence-corrected chi connectivity index (χ3v) is 3.17. The lowest BCUT2D eigenvalue weighted by Gasteiger charge is -2.34. The first-order chi connectivity index (χ1) is 8.86. The van der Waals surface area contributed by atoms with Gasteiger partial charge in [-0.3, -0.25) is 4.90 Å². The molecule has 0 aliphatic carbocycles. The number of hydrogen-bond acceptors (Lipinski definition) is 6. The third-order valence-electron chi connectivity index (χ3n) is 3.17. The van der Waals surface area contributed by atoms with E-state index >= 15 is 0 Å². The van der Waals surface area contributed by atoms with Crippen molar-refractivity contribution in [1.29, 1.82) is 0 Å². The van der Waals surface area contributed by atoms with E-state index in [-0.39, 0.29) is 0 Å². The summed E-state index contributed by atoms with van der Waals surface area (Å²) in [7, 11) is 0. The van der Waals surface area contributed by atoms with Crippen LogP contribution in [-0.2, 0) is 9.78 Å². The van der Waals surface area contributed by atoms with Gasteiger partial charge in [0.2, 0.25) is 0 Å². The fourth-order valence-electron chi connectivity index (χ4n) is 2.05. The molecule has 1 fully saturated rings. The molecular formula is C12H28N4O2. The second-order valence-corrected chi connectivity index (χ2v) is 4.61. The summed E-state index contributed by atoms with van der Waals surface area (Å²) in [6.07, 6.45) is 2.35. The minimum atomic E-state index is 0.467. The molecule has 1 heterocycles. The molecule has 0 saturated carbocycles. The summed E-state index contributed by atoms with van der Waals surface area (Å²) in [5, 5.41) is 0. The van der Waals surface area contributed by atoms with E-state index in [1.54, 1.807) is 0 Å². The third kappa shape index (κ3) is 7.25. The molecule has 1 aliphatic heterocycles. The van der Waals surface area contributed by atoms with Gasteiger partial charge >= 0.3 is 0 Å². The number of rotatable bonds is 10. The summed E-state index contributed by atoms with van der Waals surface area (Å²) < 4.78 is 0. The first kappa shape index (κ1) is 15.8. The highest BCUT2D eigenvalue weighted by atomic mass is 17.2. The first-order valence-electron chi connectivity index (χ1n) is 6.96. The number of nitrogens with two attached hydrogens (primary N) is 2. The van der Waals surface area contributed by atoms with E-state index in [1.165, 1.54) is 13.0 Å². The SMILES string of the molecule is NCCCCN1CCN(CCOOCCN)CC1. The van der Waals surface area contributed by atoms with Crippen LogP contribution >= 0.6 is 0 Å². The molecule has 1 aliphatic rings. The van der Waals surface area contributed by atoms with Crippen molar-refractivity contribution in [3.8, 4) is 0 Å². The highest BCUT2D eigenvalue weighted by molar-refractivity contribution is 4.71. The quantitative estimate of drug-likeness (QED) is 0.306. The second kappa shape index (κ2) is 10.7. The number of piperazine rings is 1. The Hall–Kier alpha value is -0.240. The molecule has 0 atom stereocenters. The van der Waals surface area contributed by atoms with Gasteiger partial charge in [0, 0.05) is 39.3 Å². The van der Waals surface area contributed by atoms with Crippen LogP contribution in [0.5, 0.6) is 0 Å². The summed E-state index contributed by atoms with van der Waals surface area (Å²) in [4.78, 5) is 14.8. The van der Waals surface area contributed by atoms with Gasteiger partial charge in [0.1, 0.15) is 0 Å². The van der Waals surface area contributed by atoms with E-state index in [9.17, 15) is 0 Å². The number of nitrogens with zero attached hydrogens (tertiary/aromatic N) is 2. The normalized spacial score (nSPS) is 18.3. The molecule has 6 heteroatoms. The van der Waals surface area contributed by atoms with E-state index in [4.69, 9.17) is 21.2 Å². The Bertz CT molecular complexity index is 187. The second-order valence-electron chi connectivity index (χ2n) is 4.61. The smallest absolute Gasteiger partial charge is 0.0949 e. The van der Waals surface area contributed by atoms with Gasteiger partial charge in [0.05, 0.1) is 13.2 Å². The van der Waals surface area contributed by atoms with E-state index in [0.717, 1.165) is 45.7 Å². The van der Waals surface area contributed by atoms with Crippen molar-refractivity contribution in [2.75, 3.05) is 65.6 Å². The standard InChI is InChI=1S/C12H28N4O2/c13-3-1-2-5-15-6-8-16(9-7-15)10-12-18-17-11-4-14/h1-14H2. The van der Waals surface area contributed by atoms with Gasteiger partial charge in [-0.05, 0) is 25.9 Å². The molecule has 0 unspecified atom stereocenters. The van der Waals surface area contributed by atoms with Crippen LogP contribution in [0.4, 0.5) is 0 Å². The Labute approximate surface area is 110 Å². The van der Waals surface area contributed by atoms with E-state index < -0.39 is 0 Å². The minimum absolute atomic E-state index is 0.467. The molecule has 4 N–H and O–H groups in total. The fourth-order valence-corrected chi connectivity index (χ4v) is 2.05. The van der Waals surface area contributed by atoms with Crippen molar-refractivity contribution in [3.05, 3.63) is 0 Å². The Morgan fingerprint density at radius 1 is 0.722 bits per heavy atom. The van der Waals surface area contributed by atoms with Crippen molar-refractivity contribution in [2.24, 2.45) is 11.5 Å². The van der Waals surface area contributed by atoms with E-state index in [2.05, 4.69) is 9.80 Å². The molecule has 0 aromatic carbocycles. The van der Waals surface area contributed by atoms with Crippen LogP contribution in [0.2, 0.25) is 0 Å². The topological polar surface area (TPSA) is 77.0 Å². The lowest BCUT2D eigenvalue weighted by molar-refractivity contribution is -0.293. The van der Waals surface area contributed by atoms with Crippen LogP contribution in [0.1, 0.15) is 12.8 Å². The molecule has 0 spiro atoms. The predicted octanol–water partition coefficient (Wildman–Crippen LogP) is -0.750. The monoisotopic (exact) mass is 260 g/mol. The Morgan fingerprint density at radius 3 is 1.94 bits per heavy atom. The van der Waals surface area contributed by atoms with Crippen LogP contribution in [0.15, 0.2) is 0 Å². The van der Waals surface area contributed by atoms with Gasteiger partial charge in [-0.2, -0.15) is 0 Å². The maximum absolute atomic E-state index is 5.50. The van der Waals surface area contributed by atoms with Crippen molar-refractivity contribution >= 4 is 0 Å². The van der Waals surface area contributed by atoms with Gasteiger partial charge in [0.25, 0.3) is 0 Å². The maximum Gasteiger partial charge on any atom is 0.0949 e. The van der Waals surface area contributed by atoms with Gasteiger partial charge in [-0.15, -0.1) is 0 Å². The molecule has 18 heavy (non-hydrogen) atoms. The summed E-state index contributed by atoms with van der Waals surface area (Å²) in [6.45, 7) is 9.03. The summed E-state index contributed by atoms with van der Waals surface area (Å²) in [5.74, 6) is 0. The van der Waals surface area contributed by atoms with E-state index in [1.807, 2.05) is 0 Å². The van der Waals surface area contributed by atoms with Crippen molar-refractivity contribution in [2.45, 2.75) is 12.8 Å². The molecule has 6 nitrogen and oxygen atoms in total. The summed E-state index contributed by atoms with van der Waals surface area (Å²) in [6, 6.07) is 0. The molecule has 0 aromatic rings. The maximum atomic E-state index is 5.50. The zero-order valence-corrected chi connectivity index (χ0v) is 11.4. The summed E-state index contributed by atoms with van der Waals surface area (Å²) >= 11 is 0. The van der Waals surface area contributed by atoms with Crippen molar-refractivity contribution in [3.63, 3.8) is 0 Å². The van der Waals surface area contributed by atoms with Crippen LogP contribution in [0.25, 0.3) is 0 Å². The fraction of sp³-hybridized carbons (Fsp3) is 1.00. The Morgan fingerprint density at radius 2 is 1.33 bits per heavy atom. The number of unbranched alkanes of at least 4 members (excludes halogenated alkanes) is 1. The van der Waals surface area contributed by atoms with Gasteiger partial charge in [-0.25, -0.2) is 9.78 Å². The zero-order valence-electron chi connectivity index (χ0n) is 11.4. The van der Waals surface area contributed by atoms with Crippen LogP contribution < -0.4 is 11.5 Å². The Balaban J connectivity index is 1.94. The molecule has 0 amide bonds. The van der Waals surface area contributed by atoms with E-state index in [0.29, 0.717) is 19.8 Å². The zero-order chi connectivity index (χ0) is 13.1. The van der Waals surface area contributed by atoms with Gasteiger partial charge in [0.15, 0.2) is 0 Å². The highest BCUT2D eigenvalue weighted by Gasteiger charge is 2.15. The lowest BCUT2D eigenvalue weighted by atomic mass is 10.2. The molecular weight excluding hydrogens is 232 g/mol. The van der Waals surface area contributed by atoms with Gasteiger partial charge < -0.3 is 16.4 Å². The molecule has 1 rings (SSSR count). The molecule has 0 aromatic heterocycles. The van der Waals surface area contributed by atoms with Crippen LogP contribution in [0.3, 0.4) is 0 Å². The first-order valence-corrected chi connectivity index (χ1v) is 6.96. The van der Waals surface area contributed by atoms with Crippen LogP contribution in [-0.4, -0.2) is 75.4 Å².